The van der Waals surface area contributed by atoms with Crippen LogP contribution in [-0.4, -0.2) is 11.3 Å². The van der Waals surface area contributed by atoms with Gasteiger partial charge in [-0.3, -0.25) is 0 Å². The summed E-state index contributed by atoms with van der Waals surface area (Å²) in [5.41, 5.74) is 7.51. The molecule has 16 heavy (non-hydrogen) atoms. The normalized spacial score (nSPS) is 14.8. The lowest BCUT2D eigenvalue weighted by atomic mass is 10.1. The highest BCUT2D eigenvalue weighted by Crippen LogP contribution is 2.28. The number of aryl methyl sites for hydroxylation is 1. The van der Waals surface area contributed by atoms with Crippen LogP contribution >= 0.6 is 11.8 Å². The first-order valence-corrected chi connectivity index (χ1v) is 7.04. The molecule has 2 unspecified atom stereocenters. The molecule has 0 aliphatic rings. The number of hydrogen-bond acceptors (Lipinski definition) is 2. The zero-order chi connectivity index (χ0) is 12.0. The average molecular weight is 237 g/mol. The van der Waals surface area contributed by atoms with Gasteiger partial charge in [-0.25, -0.2) is 0 Å². The first-order valence-electron chi connectivity index (χ1n) is 6.16. The van der Waals surface area contributed by atoms with Gasteiger partial charge >= 0.3 is 0 Å². The van der Waals surface area contributed by atoms with Crippen LogP contribution < -0.4 is 5.73 Å². The molecule has 0 radical (unpaired) electrons. The van der Waals surface area contributed by atoms with Gasteiger partial charge in [-0.2, -0.15) is 0 Å². The molecule has 1 nitrogen and oxygen atoms in total. The van der Waals surface area contributed by atoms with Crippen LogP contribution in [0, 0.1) is 6.92 Å². The summed E-state index contributed by atoms with van der Waals surface area (Å²) in [5, 5.41) is 0.544. The van der Waals surface area contributed by atoms with E-state index in [0.29, 0.717) is 11.3 Å². The summed E-state index contributed by atoms with van der Waals surface area (Å²) in [6.45, 7) is 6.54. The lowest BCUT2D eigenvalue weighted by Crippen LogP contribution is -2.31. The van der Waals surface area contributed by atoms with Crippen LogP contribution in [0.1, 0.15) is 38.7 Å². The lowest BCUT2D eigenvalue weighted by molar-refractivity contribution is 0.567. The molecule has 2 atom stereocenters. The first kappa shape index (κ1) is 13.6. The van der Waals surface area contributed by atoms with Crippen molar-refractivity contribution in [1.82, 2.24) is 0 Å². The van der Waals surface area contributed by atoms with Gasteiger partial charge in [0.25, 0.3) is 0 Å². The highest BCUT2D eigenvalue weighted by Gasteiger charge is 2.16. The van der Waals surface area contributed by atoms with Crippen molar-refractivity contribution in [2.24, 2.45) is 5.73 Å². The van der Waals surface area contributed by atoms with Crippen molar-refractivity contribution in [3.05, 3.63) is 29.8 Å². The molecule has 0 heterocycles. The number of rotatable bonds is 6. The SMILES string of the molecule is CCCC(N)C(CC)Sc1ccc(C)cc1. The van der Waals surface area contributed by atoms with E-state index in [0.717, 1.165) is 12.8 Å². The van der Waals surface area contributed by atoms with Crippen molar-refractivity contribution >= 4 is 11.8 Å². The Labute approximate surface area is 104 Å². The van der Waals surface area contributed by atoms with E-state index in [1.807, 2.05) is 11.8 Å². The fourth-order valence-corrected chi connectivity index (χ4v) is 2.90. The minimum absolute atomic E-state index is 0.321. The Morgan fingerprint density at radius 2 is 1.81 bits per heavy atom. The van der Waals surface area contributed by atoms with E-state index in [1.165, 1.54) is 16.9 Å². The van der Waals surface area contributed by atoms with E-state index in [2.05, 4.69) is 45.0 Å². The molecule has 1 aromatic carbocycles. The second-order valence-electron chi connectivity index (χ2n) is 4.33. The highest BCUT2D eigenvalue weighted by molar-refractivity contribution is 8.00. The molecule has 0 spiro atoms. The molecule has 0 aliphatic carbocycles. The molecule has 0 aliphatic heterocycles. The van der Waals surface area contributed by atoms with E-state index >= 15 is 0 Å². The molecule has 0 saturated heterocycles. The fourth-order valence-electron chi connectivity index (χ4n) is 1.78. The Kier molecular flexibility index (Phi) is 5.93. The predicted octanol–water partition coefficient (Wildman–Crippen LogP) is 3.99. The van der Waals surface area contributed by atoms with Gasteiger partial charge in [-0.15, -0.1) is 11.8 Å². The second-order valence-corrected chi connectivity index (χ2v) is 5.64. The van der Waals surface area contributed by atoms with Gasteiger partial charge in [-0.05, 0) is 31.9 Å². The molecule has 2 N–H and O–H groups in total. The molecule has 1 rings (SSSR count). The maximum atomic E-state index is 6.20. The molecule has 90 valence electrons. The Morgan fingerprint density at radius 3 is 2.31 bits per heavy atom. The standard InChI is InChI=1S/C14H23NS/c1-4-6-13(15)14(5-2)16-12-9-7-11(3)8-10-12/h7-10,13-14H,4-6,15H2,1-3H3. The number of thioether (sulfide) groups is 1. The highest BCUT2D eigenvalue weighted by atomic mass is 32.2. The summed E-state index contributed by atoms with van der Waals surface area (Å²) < 4.78 is 0. The van der Waals surface area contributed by atoms with Crippen LogP contribution in [0.4, 0.5) is 0 Å². The third-order valence-corrected chi connectivity index (χ3v) is 4.34. The van der Waals surface area contributed by atoms with E-state index in [-0.39, 0.29) is 0 Å². The van der Waals surface area contributed by atoms with Crippen LogP contribution in [0.15, 0.2) is 29.2 Å². The van der Waals surface area contributed by atoms with Crippen LogP contribution in [0.2, 0.25) is 0 Å². The van der Waals surface area contributed by atoms with Gasteiger partial charge in [0.05, 0.1) is 0 Å². The van der Waals surface area contributed by atoms with Crippen molar-refractivity contribution < 1.29 is 0 Å². The van der Waals surface area contributed by atoms with Gasteiger partial charge in [0.1, 0.15) is 0 Å². The van der Waals surface area contributed by atoms with Crippen molar-refractivity contribution in [2.75, 3.05) is 0 Å². The summed E-state index contributed by atoms with van der Waals surface area (Å²) >= 11 is 1.92. The largest absolute Gasteiger partial charge is 0.327 e. The number of benzene rings is 1. The minimum atomic E-state index is 0.321. The minimum Gasteiger partial charge on any atom is -0.327 e. The summed E-state index contributed by atoms with van der Waals surface area (Å²) in [6, 6.07) is 9.05. The Balaban J connectivity index is 2.59. The van der Waals surface area contributed by atoms with Crippen LogP contribution in [-0.2, 0) is 0 Å². The third kappa shape index (κ3) is 4.18. The summed E-state index contributed by atoms with van der Waals surface area (Å²) in [6.07, 6.45) is 3.43. The average Bonchev–Trinajstić information content (AvgIpc) is 2.28. The topological polar surface area (TPSA) is 26.0 Å². The molecular formula is C14H23NS. The molecule has 0 fully saturated rings. The molecular weight excluding hydrogens is 214 g/mol. The quantitative estimate of drug-likeness (QED) is 0.757. The molecule has 1 aromatic rings. The van der Waals surface area contributed by atoms with Crippen molar-refractivity contribution in [3.63, 3.8) is 0 Å². The van der Waals surface area contributed by atoms with Crippen molar-refractivity contribution in [2.45, 2.75) is 56.2 Å². The Bertz CT molecular complexity index is 294. The lowest BCUT2D eigenvalue weighted by Gasteiger charge is -2.21. The van der Waals surface area contributed by atoms with Gasteiger partial charge in [0, 0.05) is 16.2 Å². The number of nitrogens with two attached hydrogens (primary N) is 1. The first-order chi connectivity index (χ1) is 7.67. The van der Waals surface area contributed by atoms with Crippen molar-refractivity contribution in [3.8, 4) is 0 Å². The van der Waals surface area contributed by atoms with Crippen molar-refractivity contribution in [1.29, 1.82) is 0 Å². The monoisotopic (exact) mass is 237 g/mol. The summed E-state index contributed by atoms with van der Waals surface area (Å²) in [4.78, 5) is 1.34. The molecule has 0 amide bonds. The predicted molar refractivity (Wildman–Crippen MR) is 74.0 cm³/mol. The zero-order valence-corrected chi connectivity index (χ0v) is 11.4. The molecule has 0 aromatic heterocycles. The fraction of sp³-hybridized carbons (Fsp3) is 0.571. The van der Waals surface area contributed by atoms with Crippen LogP contribution in [0.3, 0.4) is 0 Å². The van der Waals surface area contributed by atoms with Gasteiger partial charge < -0.3 is 5.73 Å². The maximum absolute atomic E-state index is 6.20. The molecule has 0 saturated carbocycles. The Hall–Kier alpha value is -0.470. The second kappa shape index (κ2) is 6.97. The van der Waals surface area contributed by atoms with Crippen LogP contribution in [0.25, 0.3) is 0 Å². The maximum Gasteiger partial charge on any atom is 0.0243 e. The third-order valence-electron chi connectivity index (χ3n) is 2.81. The van der Waals surface area contributed by atoms with Gasteiger partial charge in [0.15, 0.2) is 0 Å². The van der Waals surface area contributed by atoms with Gasteiger partial charge in [0.2, 0.25) is 0 Å². The van der Waals surface area contributed by atoms with E-state index in [4.69, 9.17) is 5.73 Å². The Morgan fingerprint density at radius 1 is 1.19 bits per heavy atom. The van der Waals surface area contributed by atoms with E-state index in [1.54, 1.807) is 0 Å². The molecule has 2 heteroatoms. The van der Waals surface area contributed by atoms with Crippen LogP contribution in [0.5, 0.6) is 0 Å². The van der Waals surface area contributed by atoms with Gasteiger partial charge in [-0.1, -0.05) is 38.0 Å². The number of hydrogen-bond donors (Lipinski definition) is 1. The van der Waals surface area contributed by atoms with E-state index < -0.39 is 0 Å². The zero-order valence-electron chi connectivity index (χ0n) is 10.6. The molecule has 0 bridgehead atoms. The summed E-state index contributed by atoms with van der Waals surface area (Å²) in [7, 11) is 0. The summed E-state index contributed by atoms with van der Waals surface area (Å²) in [5.74, 6) is 0. The smallest absolute Gasteiger partial charge is 0.0243 e. The van der Waals surface area contributed by atoms with E-state index in [9.17, 15) is 0 Å².